The molecular weight excluding hydrogens is 234 g/mol. The number of nitrogens with one attached hydrogen (secondary N) is 1. The van der Waals surface area contributed by atoms with Gasteiger partial charge in [0, 0.05) is 6.54 Å². The number of hydrogen-bond donors (Lipinski definition) is 2. The highest BCUT2D eigenvalue weighted by molar-refractivity contribution is 5.88. The molecule has 0 radical (unpaired) electrons. The fourth-order valence-corrected chi connectivity index (χ4v) is 2.22. The predicted molar refractivity (Wildman–Crippen MR) is 65.7 cm³/mol. The number of hydrogen-bond acceptors (Lipinski definition) is 4. The third kappa shape index (κ3) is 1.80. The van der Waals surface area contributed by atoms with Gasteiger partial charge in [0.1, 0.15) is 5.52 Å². The standard InChI is InChI=1S/C12H13N3O3/c16-12(17)10-6-15(4-5-18-10)9-3-1-2-8-11(9)14-7-13-8/h1-3,7,10H,4-6H2,(H,13,14)(H,16,17). The van der Waals surface area contributed by atoms with E-state index >= 15 is 0 Å². The second kappa shape index (κ2) is 4.30. The molecule has 18 heavy (non-hydrogen) atoms. The van der Waals surface area contributed by atoms with Crippen LogP contribution in [0.5, 0.6) is 0 Å². The summed E-state index contributed by atoms with van der Waals surface area (Å²) in [5, 5.41) is 9.00. The van der Waals surface area contributed by atoms with Crippen molar-refractivity contribution in [2.45, 2.75) is 6.10 Å². The van der Waals surface area contributed by atoms with Crippen LogP contribution in [-0.4, -0.2) is 46.8 Å². The summed E-state index contributed by atoms with van der Waals surface area (Å²) < 4.78 is 5.22. The Bertz CT molecular complexity index is 581. The zero-order chi connectivity index (χ0) is 12.5. The van der Waals surface area contributed by atoms with E-state index in [1.54, 1.807) is 6.33 Å². The summed E-state index contributed by atoms with van der Waals surface area (Å²) in [6.45, 7) is 1.44. The minimum absolute atomic E-state index is 0.349. The van der Waals surface area contributed by atoms with Crippen LogP contribution in [0.1, 0.15) is 0 Å². The van der Waals surface area contributed by atoms with Crippen LogP contribution in [0.3, 0.4) is 0 Å². The Morgan fingerprint density at radius 2 is 2.44 bits per heavy atom. The summed E-state index contributed by atoms with van der Waals surface area (Å²) in [6, 6.07) is 5.83. The lowest BCUT2D eigenvalue weighted by Gasteiger charge is -2.32. The molecule has 6 heteroatoms. The third-order valence-electron chi connectivity index (χ3n) is 3.11. The third-order valence-corrected chi connectivity index (χ3v) is 3.11. The molecule has 1 unspecified atom stereocenters. The second-order valence-corrected chi connectivity index (χ2v) is 4.22. The lowest BCUT2D eigenvalue weighted by atomic mass is 10.2. The van der Waals surface area contributed by atoms with Crippen molar-refractivity contribution in [2.24, 2.45) is 0 Å². The Morgan fingerprint density at radius 3 is 3.28 bits per heavy atom. The van der Waals surface area contributed by atoms with E-state index in [4.69, 9.17) is 9.84 Å². The van der Waals surface area contributed by atoms with Gasteiger partial charge in [0.25, 0.3) is 0 Å². The number of aromatic amines is 1. The van der Waals surface area contributed by atoms with E-state index < -0.39 is 12.1 Å². The fraction of sp³-hybridized carbons (Fsp3) is 0.333. The Balaban J connectivity index is 1.94. The lowest BCUT2D eigenvalue weighted by molar-refractivity contribution is -0.150. The first kappa shape index (κ1) is 11.0. The molecule has 0 aliphatic carbocycles. The van der Waals surface area contributed by atoms with Gasteiger partial charge < -0.3 is 19.7 Å². The molecule has 3 rings (SSSR count). The van der Waals surface area contributed by atoms with Crippen LogP contribution in [0.25, 0.3) is 11.0 Å². The molecule has 1 aliphatic rings. The van der Waals surface area contributed by atoms with E-state index in [0.29, 0.717) is 19.7 Å². The highest BCUT2D eigenvalue weighted by Gasteiger charge is 2.27. The molecule has 6 nitrogen and oxygen atoms in total. The number of ether oxygens (including phenoxy) is 1. The van der Waals surface area contributed by atoms with Crippen LogP contribution < -0.4 is 4.90 Å². The van der Waals surface area contributed by atoms with Crippen molar-refractivity contribution in [3.05, 3.63) is 24.5 Å². The number of aliphatic carboxylic acids is 1. The lowest BCUT2D eigenvalue weighted by Crippen LogP contribution is -2.46. The molecule has 2 N–H and O–H groups in total. The maximum absolute atomic E-state index is 11.0. The molecule has 1 aromatic carbocycles. The summed E-state index contributed by atoms with van der Waals surface area (Å²) in [7, 11) is 0. The van der Waals surface area contributed by atoms with Gasteiger partial charge in [-0.05, 0) is 12.1 Å². The summed E-state index contributed by atoms with van der Waals surface area (Å²) in [5.74, 6) is -0.922. The Labute approximate surface area is 103 Å². The minimum Gasteiger partial charge on any atom is -0.479 e. The number of carboxylic acids is 1. The number of benzene rings is 1. The Kier molecular flexibility index (Phi) is 2.64. The maximum Gasteiger partial charge on any atom is 0.334 e. The highest BCUT2D eigenvalue weighted by atomic mass is 16.5. The molecule has 0 amide bonds. The van der Waals surface area contributed by atoms with Crippen LogP contribution in [0.4, 0.5) is 5.69 Å². The smallest absolute Gasteiger partial charge is 0.334 e. The number of imidazole rings is 1. The molecule has 0 spiro atoms. The van der Waals surface area contributed by atoms with Gasteiger partial charge in [-0.2, -0.15) is 0 Å². The van der Waals surface area contributed by atoms with Gasteiger partial charge in [0.05, 0.1) is 30.7 Å². The summed E-state index contributed by atoms with van der Waals surface area (Å²) >= 11 is 0. The molecule has 1 aliphatic heterocycles. The Morgan fingerprint density at radius 1 is 1.56 bits per heavy atom. The SMILES string of the molecule is O=C(O)C1CN(c2cccc3[nH]cnc23)CCO1. The van der Waals surface area contributed by atoms with Gasteiger partial charge in [-0.15, -0.1) is 0 Å². The monoisotopic (exact) mass is 247 g/mol. The molecule has 1 aromatic heterocycles. The number of nitrogens with zero attached hydrogens (tertiary/aromatic N) is 2. The summed E-state index contributed by atoms with van der Waals surface area (Å²) in [4.78, 5) is 20.3. The van der Waals surface area contributed by atoms with Crippen molar-refractivity contribution < 1.29 is 14.6 Å². The first-order valence-corrected chi connectivity index (χ1v) is 5.77. The largest absolute Gasteiger partial charge is 0.479 e. The summed E-state index contributed by atoms with van der Waals surface area (Å²) in [5.41, 5.74) is 2.76. The molecule has 94 valence electrons. The van der Waals surface area contributed by atoms with E-state index in [2.05, 4.69) is 9.97 Å². The van der Waals surface area contributed by atoms with Crippen LogP contribution in [0, 0.1) is 0 Å². The first-order chi connectivity index (χ1) is 8.75. The summed E-state index contributed by atoms with van der Waals surface area (Å²) in [6.07, 6.45) is 0.872. The zero-order valence-electron chi connectivity index (χ0n) is 9.67. The van der Waals surface area contributed by atoms with E-state index in [1.807, 2.05) is 23.1 Å². The van der Waals surface area contributed by atoms with Crippen LogP contribution in [-0.2, 0) is 9.53 Å². The zero-order valence-corrected chi connectivity index (χ0v) is 9.67. The van der Waals surface area contributed by atoms with Gasteiger partial charge >= 0.3 is 5.97 Å². The molecule has 1 saturated heterocycles. The van der Waals surface area contributed by atoms with Crippen LogP contribution in [0.2, 0.25) is 0 Å². The fourth-order valence-electron chi connectivity index (χ4n) is 2.22. The number of fused-ring (bicyclic) bond motifs is 1. The van der Waals surface area contributed by atoms with Crippen molar-refractivity contribution >= 4 is 22.7 Å². The van der Waals surface area contributed by atoms with E-state index in [9.17, 15) is 4.79 Å². The van der Waals surface area contributed by atoms with Gasteiger partial charge in [-0.1, -0.05) is 6.07 Å². The normalized spacial score (nSPS) is 20.2. The van der Waals surface area contributed by atoms with E-state index in [1.165, 1.54) is 0 Å². The molecule has 2 aromatic rings. The van der Waals surface area contributed by atoms with Crippen molar-refractivity contribution in [1.82, 2.24) is 9.97 Å². The molecule has 0 saturated carbocycles. The van der Waals surface area contributed by atoms with Crippen LogP contribution in [0.15, 0.2) is 24.5 Å². The van der Waals surface area contributed by atoms with Crippen molar-refractivity contribution in [3.8, 4) is 0 Å². The number of H-pyrrole nitrogens is 1. The average molecular weight is 247 g/mol. The number of anilines is 1. The van der Waals surface area contributed by atoms with Gasteiger partial charge in [-0.3, -0.25) is 0 Å². The predicted octanol–water partition coefficient (Wildman–Crippen LogP) is 0.853. The van der Waals surface area contributed by atoms with Crippen LogP contribution >= 0.6 is 0 Å². The average Bonchev–Trinajstić information content (AvgIpc) is 2.87. The molecular formula is C12H13N3O3. The minimum atomic E-state index is -0.922. The van der Waals surface area contributed by atoms with Gasteiger partial charge in [-0.25, -0.2) is 9.78 Å². The second-order valence-electron chi connectivity index (χ2n) is 4.22. The van der Waals surface area contributed by atoms with Gasteiger partial charge in [0.2, 0.25) is 0 Å². The van der Waals surface area contributed by atoms with Gasteiger partial charge in [0.15, 0.2) is 6.10 Å². The number of aromatic nitrogens is 2. The molecule has 0 bridgehead atoms. The Hall–Kier alpha value is -2.08. The van der Waals surface area contributed by atoms with E-state index in [0.717, 1.165) is 16.7 Å². The number of carbonyl (C=O) groups is 1. The first-order valence-electron chi connectivity index (χ1n) is 5.77. The quantitative estimate of drug-likeness (QED) is 0.822. The van der Waals surface area contributed by atoms with E-state index in [-0.39, 0.29) is 0 Å². The molecule has 1 fully saturated rings. The van der Waals surface area contributed by atoms with Crippen molar-refractivity contribution in [2.75, 3.05) is 24.6 Å². The highest BCUT2D eigenvalue weighted by Crippen LogP contribution is 2.25. The van der Waals surface area contributed by atoms with Crippen molar-refractivity contribution in [3.63, 3.8) is 0 Å². The topological polar surface area (TPSA) is 78.5 Å². The molecule has 2 heterocycles. The number of rotatable bonds is 2. The maximum atomic E-state index is 11.0. The van der Waals surface area contributed by atoms with Crippen molar-refractivity contribution in [1.29, 1.82) is 0 Å². The number of morpholine rings is 1. The number of para-hydroxylation sites is 1. The number of carboxylic acid groups (broad SMARTS) is 1. The molecule has 1 atom stereocenters.